The summed E-state index contributed by atoms with van der Waals surface area (Å²) in [6.07, 6.45) is 1.43. The molecule has 0 spiro atoms. The second-order valence-corrected chi connectivity index (χ2v) is 4.12. The fourth-order valence-corrected chi connectivity index (χ4v) is 1.61. The van der Waals surface area contributed by atoms with Crippen molar-refractivity contribution in [2.75, 3.05) is 10.6 Å². The van der Waals surface area contributed by atoms with E-state index in [0.29, 0.717) is 17.1 Å². The van der Waals surface area contributed by atoms with Gasteiger partial charge < -0.3 is 15.7 Å². The highest BCUT2D eigenvalue weighted by Crippen LogP contribution is 2.16. The summed E-state index contributed by atoms with van der Waals surface area (Å²) in [4.78, 5) is 26.9. The average molecular weight is 271 g/mol. The van der Waals surface area contributed by atoms with Crippen LogP contribution in [0.5, 0.6) is 5.75 Å². The van der Waals surface area contributed by atoms with Gasteiger partial charge in [-0.05, 0) is 24.3 Å². The predicted molar refractivity (Wildman–Crippen MR) is 74.6 cm³/mol. The summed E-state index contributed by atoms with van der Waals surface area (Å²) in [6, 6.07) is 9.24. The third-order valence-electron chi connectivity index (χ3n) is 2.43. The van der Waals surface area contributed by atoms with E-state index >= 15 is 0 Å². The minimum atomic E-state index is -0.357. The number of carbonyl (C=O) groups excluding carboxylic acids is 2. The van der Waals surface area contributed by atoms with Gasteiger partial charge in [-0.25, -0.2) is 4.98 Å². The Kier molecular flexibility index (Phi) is 3.95. The third kappa shape index (κ3) is 3.55. The van der Waals surface area contributed by atoms with E-state index < -0.39 is 0 Å². The van der Waals surface area contributed by atoms with Crippen LogP contribution in [-0.2, 0) is 4.79 Å². The zero-order chi connectivity index (χ0) is 14.5. The molecule has 3 N–H and O–H groups in total. The minimum absolute atomic E-state index is 0.0662. The van der Waals surface area contributed by atoms with Crippen LogP contribution in [0.4, 0.5) is 11.5 Å². The number of amides is 2. The molecule has 0 atom stereocenters. The van der Waals surface area contributed by atoms with Crippen molar-refractivity contribution < 1.29 is 14.7 Å². The number of hydrogen-bond donors (Lipinski definition) is 3. The number of phenolic OH excluding ortho intramolecular Hbond substituents is 1. The van der Waals surface area contributed by atoms with E-state index in [-0.39, 0.29) is 17.6 Å². The van der Waals surface area contributed by atoms with Crippen molar-refractivity contribution in [2.24, 2.45) is 0 Å². The fraction of sp³-hybridized carbons (Fsp3) is 0.0714. The Morgan fingerprint density at radius 2 is 1.95 bits per heavy atom. The number of hydrogen-bond acceptors (Lipinski definition) is 4. The molecule has 6 heteroatoms. The molecule has 0 saturated heterocycles. The van der Waals surface area contributed by atoms with Crippen LogP contribution in [0.1, 0.15) is 17.3 Å². The number of rotatable bonds is 3. The number of benzene rings is 1. The van der Waals surface area contributed by atoms with Crippen molar-refractivity contribution in [3.63, 3.8) is 0 Å². The smallest absolute Gasteiger partial charge is 0.255 e. The molecular formula is C14H13N3O3. The Bertz CT molecular complexity index is 656. The Morgan fingerprint density at radius 3 is 2.65 bits per heavy atom. The second kappa shape index (κ2) is 5.83. The number of aromatic hydroxyl groups is 1. The summed E-state index contributed by atoms with van der Waals surface area (Å²) in [5.74, 6) is -0.245. The average Bonchev–Trinajstić information content (AvgIpc) is 2.38. The van der Waals surface area contributed by atoms with Gasteiger partial charge in [0.2, 0.25) is 5.91 Å². The van der Waals surface area contributed by atoms with E-state index in [1.54, 1.807) is 12.1 Å². The maximum Gasteiger partial charge on any atom is 0.255 e. The molecule has 1 heterocycles. The quantitative estimate of drug-likeness (QED) is 0.796. The molecule has 1 aromatic carbocycles. The predicted octanol–water partition coefficient (Wildman–Crippen LogP) is 2.00. The van der Waals surface area contributed by atoms with Crippen LogP contribution in [0.15, 0.2) is 42.6 Å². The largest absolute Gasteiger partial charge is 0.508 e. The molecule has 0 unspecified atom stereocenters. The second-order valence-electron chi connectivity index (χ2n) is 4.12. The van der Waals surface area contributed by atoms with Crippen LogP contribution in [-0.4, -0.2) is 21.9 Å². The first-order chi connectivity index (χ1) is 9.54. The zero-order valence-electron chi connectivity index (χ0n) is 10.8. The number of pyridine rings is 1. The number of aromatic nitrogens is 1. The summed E-state index contributed by atoms with van der Waals surface area (Å²) in [6.45, 7) is 1.36. The molecule has 1 aromatic heterocycles. The summed E-state index contributed by atoms with van der Waals surface area (Å²) >= 11 is 0. The van der Waals surface area contributed by atoms with Crippen molar-refractivity contribution in [3.8, 4) is 5.75 Å². The Labute approximate surface area is 115 Å². The lowest BCUT2D eigenvalue weighted by atomic mass is 10.2. The van der Waals surface area contributed by atoms with Gasteiger partial charge in [-0.2, -0.15) is 0 Å². The monoisotopic (exact) mass is 271 g/mol. The molecule has 0 aliphatic carbocycles. The molecule has 2 aromatic rings. The van der Waals surface area contributed by atoms with Crippen molar-refractivity contribution in [1.29, 1.82) is 0 Å². The zero-order valence-corrected chi connectivity index (χ0v) is 10.8. The summed E-state index contributed by atoms with van der Waals surface area (Å²) in [5, 5.41) is 14.5. The first kappa shape index (κ1) is 13.5. The van der Waals surface area contributed by atoms with Crippen LogP contribution in [0.3, 0.4) is 0 Å². The maximum absolute atomic E-state index is 12.0. The Hall–Kier alpha value is -2.89. The molecule has 0 saturated carbocycles. The van der Waals surface area contributed by atoms with Crippen molar-refractivity contribution in [3.05, 3.63) is 48.2 Å². The van der Waals surface area contributed by atoms with Crippen LogP contribution in [0, 0.1) is 0 Å². The molecule has 102 valence electrons. The molecule has 6 nitrogen and oxygen atoms in total. The highest BCUT2D eigenvalue weighted by atomic mass is 16.3. The fourth-order valence-electron chi connectivity index (χ4n) is 1.61. The van der Waals surface area contributed by atoms with Gasteiger partial charge in [0.25, 0.3) is 5.91 Å². The van der Waals surface area contributed by atoms with Gasteiger partial charge in [-0.15, -0.1) is 0 Å². The van der Waals surface area contributed by atoms with E-state index in [2.05, 4.69) is 15.6 Å². The number of phenols is 1. The lowest BCUT2D eigenvalue weighted by Gasteiger charge is -2.07. The normalized spacial score (nSPS) is 9.85. The third-order valence-corrected chi connectivity index (χ3v) is 2.43. The molecule has 0 bridgehead atoms. The van der Waals surface area contributed by atoms with Crippen LogP contribution >= 0.6 is 0 Å². The lowest BCUT2D eigenvalue weighted by molar-refractivity contribution is -0.114. The minimum Gasteiger partial charge on any atom is -0.508 e. The van der Waals surface area contributed by atoms with Crippen molar-refractivity contribution >= 4 is 23.3 Å². The van der Waals surface area contributed by atoms with Gasteiger partial charge in [0.15, 0.2) is 0 Å². The summed E-state index contributed by atoms with van der Waals surface area (Å²) in [5.41, 5.74) is 0.833. The van der Waals surface area contributed by atoms with E-state index in [1.807, 2.05) is 0 Å². The number of nitrogens with zero attached hydrogens (tertiary/aromatic N) is 1. The lowest BCUT2D eigenvalue weighted by Crippen LogP contribution is -2.13. The van der Waals surface area contributed by atoms with E-state index in [1.165, 1.54) is 37.4 Å². The molecule has 0 radical (unpaired) electrons. The van der Waals surface area contributed by atoms with Gasteiger partial charge in [0, 0.05) is 30.4 Å². The molecule has 0 fully saturated rings. The van der Waals surface area contributed by atoms with Gasteiger partial charge in [-0.1, -0.05) is 6.07 Å². The molecule has 2 rings (SSSR count). The standard InChI is InChI=1S/C14H13N3O3/c1-9(18)16-13-7-10(5-6-15-13)14(20)17-11-3-2-4-12(19)8-11/h2-8,19H,1H3,(H,17,20)(H,15,16,18). The Morgan fingerprint density at radius 1 is 1.15 bits per heavy atom. The molecular weight excluding hydrogens is 258 g/mol. The summed E-state index contributed by atoms with van der Waals surface area (Å²) in [7, 11) is 0. The Balaban J connectivity index is 2.15. The number of carbonyl (C=O) groups is 2. The van der Waals surface area contributed by atoms with E-state index in [0.717, 1.165) is 0 Å². The highest BCUT2D eigenvalue weighted by Gasteiger charge is 2.08. The number of anilines is 2. The van der Waals surface area contributed by atoms with Crippen molar-refractivity contribution in [2.45, 2.75) is 6.92 Å². The van der Waals surface area contributed by atoms with Gasteiger partial charge in [-0.3, -0.25) is 9.59 Å². The van der Waals surface area contributed by atoms with Crippen LogP contribution in [0.25, 0.3) is 0 Å². The molecule has 2 amide bonds. The molecule has 20 heavy (non-hydrogen) atoms. The van der Waals surface area contributed by atoms with Crippen molar-refractivity contribution in [1.82, 2.24) is 4.98 Å². The molecule has 0 aliphatic rings. The topological polar surface area (TPSA) is 91.3 Å². The summed E-state index contributed by atoms with van der Waals surface area (Å²) < 4.78 is 0. The van der Waals surface area contributed by atoms with E-state index in [9.17, 15) is 14.7 Å². The maximum atomic E-state index is 12.0. The van der Waals surface area contributed by atoms with Crippen LogP contribution in [0.2, 0.25) is 0 Å². The number of nitrogens with one attached hydrogen (secondary N) is 2. The first-order valence-electron chi connectivity index (χ1n) is 5.88. The van der Waals surface area contributed by atoms with Gasteiger partial charge >= 0.3 is 0 Å². The van der Waals surface area contributed by atoms with Crippen LogP contribution < -0.4 is 10.6 Å². The first-order valence-corrected chi connectivity index (χ1v) is 5.88. The SMILES string of the molecule is CC(=O)Nc1cc(C(=O)Nc2cccc(O)c2)ccn1. The highest BCUT2D eigenvalue weighted by molar-refractivity contribution is 6.05. The van der Waals surface area contributed by atoms with Gasteiger partial charge in [0.05, 0.1) is 0 Å². The van der Waals surface area contributed by atoms with E-state index in [4.69, 9.17) is 0 Å². The molecule has 0 aliphatic heterocycles. The van der Waals surface area contributed by atoms with Gasteiger partial charge in [0.1, 0.15) is 11.6 Å².